The normalized spacial score (nSPS) is 12.4. The first kappa shape index (κ1) is 36.7. The Balaban J connectivity index is 0. The van der Waals surface area contributed by atoms with Gasteiger partial charge >= 0.3 is 11.9 Å². The van der Waals surface area contributed by atoms with Gasteiger partial charge in [-0.05, 0) is 48.8 Å². The maximum Gasteiger partial charge on any atom is 0.335 e. The topological polar surface area (TPSA) is 108 Å². The first-order valence-corrected chi connectivity index (χ1v) is 12.5. The number of carbonyl (C=O) groups is 2. The zero-order valence-electron chi connectivity index (χ0n) is 23.2. The summed E-state index contributed by atoms with van der Waals surface area (Å²) in [6, 6.07) is 6.40. The number of benzene rings is 1. The lowest BCUT2D eigenvalue weighted by atomic mass is 10.1. The number of aliphatic carboxylic acids is 1. The Hall–Kier alpha value is -4.46. The van der Waals surface area contributed by atoms with Crippen molar-refractivity contribution in [2.24, 2.45) is 4.99 Å². The third-order valence-electron chi connectivity index (χ3n) is 4.19. The summed E-state index contributed by atoms with van der Waals surface area (Å²) in [5.74, 6) is -1.96. The molecular weight excluding hydrogens is 499 g/mol. The SMILES string of the molecule is C=CC(/C=C/C(C)NC(=NC/C=C/F)O/C=C/CC(=O)O)=C\C=C\c1ccc(C(=O)O)cc1.C=CCC.CC. The number of allylic oxidation sites excluding steroid dienone is 6. The van der Waals surface area contributed by atoms with E-state index in [-0.39, 0.29) is 30.6 Å². The summed E-state index contributed by atoms with van der Waals surface area (Å²) in [6.45, 7) is 15.2. The van der Waals surface area contributed by atoms with Crippen LogP contribution in [0.5, 0.6) is 0 Å². The second kappa shape index (κ2) is 25.2. The molecule has 0 aromatic heterocycles. The molecule has 3 N–H and O–H groups in total. The van der Waals surface area contributed by atoms with Crippen LogP contribution in [0.3, 0.4) is 0 Å². The maximum atomic E-state index is 12.2. The maximum absolute atomic E-state index is 12.2. The van der Waals surface area contributed by atoms with Crippen molar-refractivity contribution < 1.29 is 28.9 Å². The van der Waals surface area contributed by atoms with Gasteiger partial charge in [-0.1, -0.05) is 82.0 Å². The molecule has 7 nitrogen and oxygen atoms in total. The summed E-state index contributed by atoms with van der Waals surface area (Å²) < 4.78 is 17.5. The lowest BCUT2D eigenvalue weighted by Gasteiger charge is -2.12. The van der Waals surface area contributed by atoms with Gasteiger partial charge in [0.05, 0.1) is 31.1 Å². The molecule has 0 aliphatic heterocycles. The number of nitrogens with zero attached hydrogens (tertiary/aromatic N) is 1. The van der Waals surface area contributed by atoms with Crippen LogP contribution < -0.4 is 5.32 Å². The zero-order chi connectivity index (χ0) is 29.9. The number of nitrogens with one attached hydrogen (secondary N) is 1. The Morgan fingerprint density at radius 3 is 2.31 bits per heavy atom. The van der Waals surface area contributed by atoms with Crippen LogP contribution in [0.1, 0.15) is 56.5 Å². The molecule has 0 spiro atoms. The molecular formula is C31H41FN2O5. The van der Waals surface area contributed by atoms with Crippen LogP contribution in [0.15, 0.2) is 109 Å². The predicted octanol–water partition coefficient (Wildman–Crippen LogP) is 7.50. The summed E-state index contributed by atoms with van der Waals surface area (Å²) >= 11 is 0. The summed E-state index contributed by atoms with van der Waals surface area (Å²) in [7, 11) is 0. The Labute approximate surface area is 231 Å². The van der Waals surface area contributed by atoms with Gasteiger partial charge in [-0.2, -0.15) is 0 Å². The van der Waals surface area contributed by atoms with Crippen molar-refractivity contribution in [1.29, 1.82) is 0 Å². The first-order chi connectivity index (χ1) is 18.8. The number of aliphatic imine (C=N–C) groups is 1. The quantitative estimate of drug-likeness (QED) is 0.0786. The van der Waals surface area contributed by atoms with E-state index < -0.39 is 11.9 Å². The average molecular weight is 541 g/mol. The van der Waals surface area contributed by atoms with Crippen LogP contribution in [-0.2, 0) is 9.53 Å². The molecule has 0 fully saturated rings. The molecule has 0 heterocycles. The smallest absolute Gasteiger partial charge is 0.335 e. The average Bonchev–Trinajstić information content (AvgIpc) is 2.94. The zero-order valence-corrected chi connectivity index (χ0v) is 23.2. The van der Waals surface area contributed by atoms with Crippen molar-refractivity contribution in [2.75, 3.05) is 6.54 Å². The van der Waals surface area contributed by atoms with Crippen molar-refractivity contribution in [3.8, 4) is 0 Å². The van der Waals surface area contributed by atoms with Crippen LogP contribution in [0.25, 0.3) is 6.08 Å². The fraction of sp³-hybridized carbons (Fsp3) is 0.258. The monoisotopic (exact) mass is 540 g/mol. The van der Waals surface area contributed by atoms with Gasteiger partial charge in [0.1, 0.15) is 0 Å². The van der Waals surface area contributed by atoms with Gasteiger partial charge in [0.15, 0.2) is 0 Å². The van der Waals surface area contributed by atoms with Crippen molar-refractivity contribution in [3.63, 3.8) is 0 Å². The van der Waals surface area contributed by atoms with Gasteiger partial charge in [-0.15, -0.1) is 6.58 Å². The predicted molar refractivity (Wildman–Crippen MR) is 159 cm³/mol. The fourth-order valence-electron chi connectivity index (χ4n) is 2.25. The van der Waals surface area contributed by atoms with Crippen LogP contribution in [0, 0.1) is 0 Å². The van der Waals surface area contributed by atoms with Crippen molar-refractivity contribution >= 4 is 24.0 Å². The second-order valence-corrected chi connectivity index (χ2v) is 7.24. The molecule has 0 aliphatic rings. The lowest BCUT2D eigenvalue weighted by Crippen LogP contribution is -2.32. The van der Waals surface area contributed by atoms with Crippen LogP contribution in [0.2, 0.25) is 0 Å². The Kier molecular flexibility index (Phi) is 23.7. The first-order valence-electron chi connectivity index (χ1n) is 12.5. The molecule has 0 bridgehead atoms. The summed E-state index contributed by atoms with van der Waals surface area (Å²) in [5.41, 5.74) is 1.90. The summed E-state index contributed by atoms with van der Waals surface area (Å²) in [5, 5.41) is 20.6. The van der Waals surface area contributed by atoms with Gasteiger partial charge in [0.2, 0.25) is 0 Å². The minimum absolute atomic E-state index is 0.0537. The van der Waals surface area contributed by atoms with Gasteiger partial charge in [-0.25, -0.2) is 14.2 Å². The van der Waals surface area contributed by atoms with Crippen LogP contribution in [-0.4, -0.2) is 40.8 Å². The molecule has 1 rings (SSSR count). The van der Waals surface area contributed by atoms with E-state index in [0.29, 0.717) is 6.33 Å². The van der Waals surface area contributed by atoms with E-state index in [1.807, 2.05) is 57.2 Å². The van der Waals surface area contributed by atoms with Gasteiger partial charge in [0, 0.05) is 6.04 Å². The van der Waals surface area contributed by atoms with Gasteiger partial charge < -0.3 is 20.3 Å². The molecule has 8 heteroatoms. The number of carboxylic acids is 2. The van der Waals surface area contributed by atoms with Crippen molar-refractivity contribution in [3.05, 3.63) is 115 Å². The third-order valence-corrected chi connectivity index (χ3v) is 4.19. The van der Waals surface area contributed by atoms with Crippen molar-refractivity contribution in [1.82, 2.24) is 5.32 Å². The van der Waals surface area contributed by atoms with Crippen LogP contribution in [0.4, 0.5) is 4.39 Å². The standard InChI is InChI=1S/C25H27FN2O5.C4H8.C2H6/c1-3-20(7-4-8-21-12-14-22(15-13-21)24(31)32)11-10-19(2)28-25(27-17-6-16-26)33-18-5-9-23(29)30;1-3-4-2;1-2/h3-8,10-16,18-19H,1,9,17H2,2H3,(H,27,28)(H,29,30)(H,31,32);3H,1,4H2,2H3;1-2H3/b8-4+,11-10+,16-6+,18-5+,20-7+;;. The van der Waals surface area contributed by atoms with E-state index in [1.165, 1.54) is 30.5 Å². The molecule has 212 valence electrons. The molecule has 1 aromatic carbocycles. The van der Waals surface area contributed by atoms with E-state index in [4.69, 9.17) is 14.9 Å². The van der Waals surface area contributed by atoms with Gasteiger partial charge in [-0.3, -0.25) is 4.79 Å². The number of hydrogen-bond acceptors (Lipinski definition) is 4. The van der Waals surface area contributed by atoms with Crippen molar-refractivity contribution in [2.45, 2.75) is 46.6 Å². The van der Waals surface area contributed by atoms with E-state index in [2.05, 4.69) is 30.4 Å². The molecule has 1 unspecified atom stereocenters. The summed E-state index contributed by atoms with van der Waals surface area (Å²) in [6.07, 6.45) is 17.7. The fourth-order valence-corrected chi connectivity index (χ4v) is 2.25. The molecule has 1 atom stereocenters. The molecule has 0 aliphatic carbocycles. The number of hydrogen-bond donors (Lipinski definition) is 3. The third kappa shape index (κ3) is 21.3. The highest BCUT2D eigenvalue weighted by molar-refractivity contribution is 5.87. The number of amidine groups is 1. The highest BCUT2D eigenvalue weighted by Crippen LogP contribution is 2.08. The van der Waals surface area contributed by atoms with E-state index in [0.717, 1.165) is 17.6 Å². The molecule has 0 amide bonds. The molecule has 0 saturated heterocycles. The van der Waals surface area contributed by atoms with E-state index in [1.54, 1.807) is 18.2 Å². The van der Waals surface area contributed by atoms with Gasteiger partial charge in [0.25, 0.3) is 6.02 Å². The molecule has 0 saturated carbocycles. The Morgan fingerprint density at radius 1 is 1.15 bits per heavy atom. The lowest BCUT2D eigenvalue weighted by molar-refractivity contribution is -0.136. The Morgan fingerprint density at radius 2 is 1.79 bits per heavy atom. The minimum Gasteiger partial charge on any atom is -0.481 e. The number of carboxylic acid groups (broad SMARTS) is 2. The molecule has 39 heavy (non-hydrogen) atoms. The summed E-state index contributed by atoms with van der Waals surface area (Å²) in [4.78, 5) is 25.5. The number of halogens is 1. The Bertz CT molecular complexity index is 1040. The largest absolute Gasteiger partial charge is 0.481 e. The molecule has 0 radical (unpaired) electrons. The minimum atomic E-state index is -0.993. The van der Waals surface area contributed by atoms with E-state index in [9.17, 15) is 14.0 Å². The number of rotatable bonds is 13. The highest BCUT2D eigenvalue weighted by Gasteiger charge is 2.03. The highest BCUT2D eigenvalue weighted by atomic mass is 19.1. The number of aromatic carboxylic acids is 1. The second-order valence-electron chi connectivity index (χ2n) is 7.24. The number of ether oxygens (including phenoxy) is 1. The van der Waals surface area contributed by atoms with Crippen LogP contribution >= 0.6 is 0 Å². The van der Waals surface area contributed by atoms with E-state index >= 15 is 0 Å². The molecule has 1 aromatic rings.